The van der Waals surface area contributed by atoms with E-state index in [9.17, 15) is 14.4 Å². The Hall–Kier alpha value is -3.26. The number of carbonyl (C=O) groups is 3. The van der Waals surface area contributed by atoms with Crippen LogP contribution in [-0.2, 0) is 14.4 Å². The summed E-state index contributed by atoms with van der Waals surface area (Å²) >= 11 is 6.08. The maximum atomic E-state index is 12.9. The molecule has 9 heteroatoms. The first-order valence-electron chi connectivity index (χ1n) is 9.03. The van der Waals surface area contributed by atoms with Gasteiger partial charge in [0.25, 0.3) is 11.8 Å². The van der Waals surface area contributed by atoms with Gasteiger partial charge in [-0.2, -0.15) is 5.11 Å². The monoisotopic (exact) mass is 411 g/mol. The Labute approximate surface area is 172 Å². The highest BCUT2D eigenvalue weighted by molar-refractivity contribution is 6.31. The second-order valence-electron chi connectivity index (χ2n) is 7.00. The largest absolute Gasteiger partial charge is 0.324 e. The summed E-state index contributed by atoms with van der Waals surface area (Å²) in [7, 11) is 0. The Morgan fingerprint density at radius 3 is 2.55 bits per heavy atom. The fourth-order valence-electron chi connectivity index (χ4n) is 3.38. The first-order chi connectivity index (χ1) is 13.9. The van der Waals surface area contributed by atoms with Crippen LogP contribution in [-0.4, -0.2) is 41.4 Å². The van der Waals surface area contributed by atoms with Crippen molar-refractivity contribution < 1.29 is 14.4 Å². The molecule has 1 saturated heterocycles. The third-order valence-electron chi connectivity index (χ3n) is 5.00. The number of rotatable bonds is 4. The lowest BCUT2D eigenvalue weighted by Crippen LogP contribution is -2.43. The summed E-state index contributed by atoms with van der Waals surface area (Å²) in [5, 5.41) is 12.4. The van der Waals surface area contributed by atoms with Gasteiger partial charge in [0.05, 0.1) is 5.69 Å². The number of amides is 3. The minimum absolute atomic E-state index is 0.211. The highest BCUT2D eigenvalue weighted by Crippen LogP contribution is 2.32. The molecule has 1 fully saturated rings. The van der Waals surface area contributed by atoms with Crippen LogP contribution in [0.3, 0.4) is 0 Å². The van der Waals surface area contributed by atoms with Crippen LogP contribution in [0.4, 0.5) is 11.4 Å². The molecule has 1 N–H and O–H groups in total. The molecule has 2 atom stereocenters. The van der Waals surface area contributed by atoms with Gasteiger partial charge in [-0.05, 0) is 43.7 Å². The van der Waals surface area contributed by atoms with Gasteiger partial charge in [0.15, 0.2) is 12.1 Å². The number of halogens is 1. The van der Waals surface area contributed by atoms with Gasteiger partial charge in [0, 0.05) is 10.7 Å². The maximum absolute atomic E-state index is 12.9. The Kier molecular flexibility index (Phi) is 4.79. The fourth-order valence-corrected chi connectivity index (χ4v) is 3.56. The van der Waals surface area contributed by atoms with Gasteiger partial charge in [-0.25, -0.2) is 4.90 Å². The van der Waals surface area contributed by atoms with E-state index in [2.05, 4.69) is 15.7 Å². The predicted molar refractivity (Wildman–Crippen MR) is 108 cm³/mol. The highest BCUT2D eigenvalue weighted by atomic mass is 35.5. The van der Waals surface area contributed by atoms with Crippen LogP contribution in [0, 0.1) is 13.8 Å². The minimum Gasteiger partial charge on any atom is -0.324 e. The second-order valence-corrected chi connectivity index (χ2v) is 7.41. The molecule has 0 bridgehead atoms. The average Bonchev–Trinajstić information content (AvgIpc) is 3.20. The quantitative estimate of drug-likeness (QED) is 0.782. The van der Waals surface area contributed by atoms with E-state index in [1.54, 1.807) is 37.3 Å². The van der Waals surface area contributed by atoms with Gasteiger partial charge >= 0.3 is 0 Å². The summed E-state index contributed by atoms with van der Waals surface area (Å²) in [4.78, 5) is 39.2. The molecule has 0 aromatic heterocycles. The van der Waals surface area contributed by atoms with Crippen molar-refractivity contribution in [3.8, 4) is 0 Å². The molecule has 0 radical (unpaired) electrons. The van der Waals surface area contributed by atoms with Crippen LogP contribution in [0.1, 0.15) is 11.1 Å². The zero-order valence-corrected chi connectivity index (χ0v) is 16.6. The molecule has 148 valence electrons. The Bertz CT molecular complexity index is 1040. The van der Waals surface area contributed by atoms with Gasteiger partial charge in [0.2, 0.25) is 5.91 Å². The van der Waals surface area contributed by atoms with E-state index >= 15 is 0 Å². The lowest BCUT2D eigenvalue weighted by molar-refractivity contribution is -0.123. The van der Waals surface area contributed by atoms with E-state index < -0.39 is 23.9 Å². The number of fused-ring (bicyclic) bond motifs is 1. The van der Waals surface area contributed by atoms with E-state index in [4.69, 9.17) is 11.6 Å². The number of hydrogen-bond acceptors (Lipinski definition) is 6. The smallest absolute Gasteiger partial charge is 0.263 e. The zero-order valence-electron chi connectivity index (χ0n) is 15.8. The number of imide groups is 1. The molecule has 3 amide bonds. The molecular formula is C20H18ClN5O3. The fraction of sp³-hybridized carbons (Fsp3) is 0.250. The molecule has 2 aliphatic heterocycles. The van der Waals surface area contributed by atoms with Gasteiger partial charge < -0.3 is 5.32 Å². The maximum Gasteiger partial charge on any atom is 0.263 e. The first kappa shape index (κ1) is 19.1. The van der Waals surface area contributed by atoms with Crippen molar-refractivity contribution in [1.29, 1.82) is 0 Å². The van der Waals surface area contributed by atoms with Crippen LogP contribution in [0.5, 0.6) is 0 Å². The van der Waals surface area contributed by atoms with E-state index in [0.29, 0.717) is 16.4 Å². The molecule has 4 rings (SSSR count). The molecule has 29 heavy (non-hydrogen) atoms. The van der Waals surface area contributed by atoms with E-state index in [0.717, 1.165) is 16.0 Å². The Morgan fingerprint density at radius 2 is 1.83 bits per heavy atom. The summed E-state index contributed by atoms with van der Waals surface area (Å²) < 4.78 is 0. The van der Waals surface area contributed by atoms with Crippen molar-refractivity contribution >= 4 is 40.7 Å². The van der Waals surface area contributed by atoms with Crippen LogP contribution in [0.2, 0.25) is 5.02 Å². The summed E-state index contributed by atoms with van der Waals surface area (Å²) in [6, 6.07) is 10.4. The van der Waals surface area contributed by atoms with Gasteiger partial charge in [-0.15, -0.1) is 0 Å². The van der Waals surface area contributed by atoms with Crippen LogP contribution >= 0.6 is 11.6 Å². The van der Waals surface area contributed by atoms with Crippen molar-refractivity contribution in [2.75, 3.05) is 16.8 Å². The van der Waals surface area contributed by atoms with Crippen molar-refractivity contribution in [3.63, 3.8) is 0 Å². The third kappa shape index (κ3) is 3.36. The van der Waals surface area contributed by atoms with Crippen molar-refractivity contribution in [2.24, 2.45) is 10.3 Å². The molecule has 2 unspecified atom stereocenters. The number of benzene rings is 2. The average molecular weight is 412 g/mol. The normalized spacial score (nSPS) is 20.4. The Morgan fingerprint density at radius 1 is 1.10 bits per heavy atom. The molecule has 2 heterocycles. The lowest BCUT2D eigenvalue weighted by atomic mass is 10.1. The zero-order chi connectivity index (χ0) is 20.7. The molecule has 0 spiro atoms. The number of nitrogens with zero attached hydrogens (tertiary/aromatic N) is 4. The molecule has 8 nitrogen and oxygen atoms in total. The molecule has 2 aliphatic rings. The highest BCUT2D eigenvalue weighted by Gasteiger charge is 2.55. The molecular weight excluding hydrogens is 394 g/mol. The summed E-state index contributed by atoms with van der Waals surface area (Å²) in [5.74, 6) is -1.27. The number of hydrogen-bond donors (Lipinski definition) is 1. The lowest BCUT2D eigenvalue weighted by Gasteiger charge is -2.20. The Balaban J connectivity index is 1.49. The van der Waals surface area contributed by atoms with Crippen molar-refractivity contribution in [1.82, 2.24) is 5.01 Å². The minimum atomic E-state index is -0.940. The first-order valence-corrected chi connectivity index (χ1v) is 9.41. The van der Waals surface area contributed by atoms with Crippen LogP contribution < -0.4 is 10.2 Å². The SMILES string of the molecule is Cc1ccc(N2C(=O)C3N=NN(CC(=O)Nc4cccc(Cl)c4C)C3C2=O)cc1. The molecule has 2 aromatic rings. The standard InChI is InChI=1S/C20H18ClN5O3/c1-11-6-8-13(9-7-11)26-19(28)17-18(20(26)29)25(24-23-17)10-16(27)22-15-5-3-4-14(21)12(15)2/h3-9,17-18H,10H2,1-2H3,(H,22,27). The second kappa shape index (κ2) is 7.29. The summed E-state index contributed by atoms with van der Waals surface area (Å²) in [5.41, 5.74) is 2.81. The predicted octanol–water partition coefficient (Wildman–Crippen LogP) is 2.89. The number of aryl methyl sites for hydroxylation is 1. The van der Waals surface area contributed by atoms with Gasteiger partial charge in [-0.3, -0.25) is 19.4 Å². The third-order valence-corrected chi connectivity index (χ3v) is 5.41. The van der Waals surface area contributed by atoms with Crippen molar-refractivity contribution in [2.45, 2.75) is 25.9 Å². The number of carbonyl (C=O) groups excluding carboxylic acids is 3. The van der Waals surface area contributed by atoms with E-state index in [-0.39, 0.29) is 12.5 Å². The number of anilines is 2. The van der Waals surface area contributed by atoms with Gasteiger partial charge in [0.1, 0.15) is 6.54 Å². The summed E-state index contributed by atoms with van der Waals surface area (Å²) in [6.45, 7) is 3.50. The van der Waals surface area contributed by atoms with Crippen LogP contribution in [0.15, 0.2) is 52.8 Å². The molecule has 0 saturated carbocycles. The van der Waals surface area contributed by atoms with Gasteiger partial charge in [-0.1, -0.05) is 40.6 Å². The summed E-state index contributed by atoms with van der Waals surface area (Å²) in [6.07, 6.45) is 0. The van der Waals surface area contributed by atoms with Crippen LogP contribution in [0.25, 0.3) is 0 Å². The number of nitrogens with one attached hydrogen (secondary N) is 1. The molecule has 0 aliphatic carbocycles. The van der Waals surface area contributed by atoms with E-state index in [1.807, 2.05) is 19.1 Å². The topological polar surface area (TPSA) is 94.4 Å². The van der Waals surface area contributed by atoms with E-state index in [1.165, 1.54) is 5.01 Å². The molecule has 2 aromatic carbocycles. The van der Waals surface area contributed by atoms with Crippen molar-refractivity contribution in [3.05, 3.63) is 58.6 Å².